The van der Waals surface area contributed by atoms with Crippen molar-refractivity contribution in [3.63, 3.8) is 0 Å². The summed E-state index contributed by atoms with van der Waals surface area (Å²) in [5, 5.41) is 8.57. The van der Waals surface area contributed by atoms with Gasteiger partial charge in [0.2, 0.25) is 0 Å². The van der Waals surface area contributed by atoms with E-state index in [0.29, 0.717) is 12.8 Å². The Labute approximate surface area is 76.0 Å². The number of hydrogen-bond donors (Lipinski definition) is 1. The van der Waals surface area contributed by atoms with Crippen LogP contribution in [0.4, 0.5) is 8.78 Å². The van der Waals surface area contributed by atoms with Crippen LogP contribution in [0.3, 0.4) is 0 Å². The Balaban J connectivity index is 2.88. The van der Waals surface area contributed by atoms with Gasteiger partial charge in [-0.05, 0) is 43.0 Å². The lowest BCUT2D eigenvalue weighted by molar-refractivity contribution is 0.288. The van der Waals surface area contributed by atoms with Gasteiger partial charge >= 0.3 is 0 Å². The first-order valence-electron chi connectivity index (χ1n) is 4.20. The van der Waals surface area contributed by atoms with Crippen LogP contribution in [0.5, 0.6) is 0 Å². The molecule has 0 heterocycles. The number of halogens is 2. The van der Waals surface area contributed by atoms with E-state index in [4.69, 9.17) is 5.11 Å². The molecule has 0 radical (unpaired) electrons. The van der Waals surface area contributed by atoms with Gasteiger partial charge in [0.15, 0.2) is 11.6 Å². The molecule has 0 aromatic heterocycles. The summed E-state index contributed by atoms with van der Waals surface area (Å²) in [4.78, 5) is 0. The second-order valence-corrected chi connectivity index (χ2v) is 3.02. The summed E-state index contributed by atoms with van der Waals surface area (Å²) in [6.07, 6.45) is 1.16. The molecule has 1 rings (SSSR count). The van der Waals surface area contributed by atoms with Crippen LogP contribution in [0.25, 0.3) is 0 Å². The lowest BCUT2D eigenvalue weighted by Crippen LogP contribution is -1.96. The van der Waals surface area contributed by atoms with Crippen molar-refractivity contribution in [2.45, 2.75) is 19.8 Å². The molecule has 1 aromatic rings. The van der Waals surface area contributed by atoms with Crippen molar-refractivity contribution < 1.29 is 13.9 Å². The average molecular weight is 186 g/mol. The van der Waals surface area contributed by atoms with E-state index >= 15 is 0 Å². The molecule has 1 nitrogen and oxygen atoms in total. The first-order valence-corrected chi connectivity index (χ1v) is 4.20. The highest BCUT2D eigenvalue weighted by Crippen LogP contribution is 2.15. The number of aliphatic hydroxyl groups excluding tert-OH is 1. The van der Waals surface area contributed by atoms with E-state index in [1.165, 1.54) is 12.1 Å². The average Bonchev–Trinajstić information content (AvgIpc) is 2.09. The molecule has 0 saturated heterocycles. The maximum absolute atomic E-state index is 12.7. The van der Waals surface area contributed by atoms with Gasteiger partial charge in [0.1, 0.15) is 0 Å². The van der Waals surface area contributed by atoms with Gasteiger partial charge in [0.25, 0.3) is 0 Å². The second-order valence-electron chi connectivity index (χ2n) is 3.02. The number of aryl methyl sites for hydroxylation is 2. The largest absolute Gasteiger partial charge is 0.396 e. The lowest BCUT2D eigenvalue weighted by Gasteiger charge is -2.05. The van der Waals surface area contributed by atoms with Gasteiger partial charge in [-0.2, -0.15) is 0 Å². The molecule has 0 unspecified atom stereocenters. The Kier molecular flexibility index (Phi) is 3.37. The van der Waals surface area contributed by atoms with Gasteiger partial charge in [-0.3, -0.25) is 0 Å². The molecule has 13 heavy (non-hydrogen) atoms. The summed E-state index contributed by atoms with van der Waals surface area (Å²) in [7, 11) is 0. The number of hydrogen-bond acceptors (Lipinski definition) is 1. The van der Waals surface area contributed by atoms with E-state index in [9.17, 15) is 8.78 Å². The first kappa shape index (κ1) is 10.1. The van der Waals surface area contributed by atoms with E-state index in [-0.39, 0.29) is 6.61 Å². The van der Waals surface area contributed by atoms with Gasteiger partial charge in [-0.15, -0.1) is 0 Å². The lowest BCUT2D eigenvalue weighted by atomic mass is 10.0. The summed E-state index contributed by atoms with van der Waals surface area (Å²) in [6.45, 7) is 1.80. The molecule has 72 valence electrons. The van der Waals surface area contributed by atoms with Crippen LogP contribution in [-0.2, 0) is 6.42 Å². The van der Waals surface area contributed by atoms with E-state index in [1.54, 1.807) is 6.92 Å². The summed E-state index contributed by atoms with van der Waals surface area (Å²) in [5.41, 5.74) is 1.49. The SMILES string of the molecule is Cc1cc(F)c(F)cc1CCCO. The van der Waals surface area contributed by atoms with Gasteiger partial charge in [0.05, 0.1) is 0 Å². The monoisotopic (exact) mass is 186 g/mol. The van der Waals surface area contributed by atoms with Crippen molar-refractivity contribution in [1.82, 2.24) is 0 Å². The zero-order chi connectivity index (χ0) is 9.84. The van der Waals surface area contributed by atoms with Crippen molar-refractivity contribution in [2.24, 2.45) is 0 Å². The highest BCUT2D eigenvalue weighted by molar-refractivity contribution is 5.27. The fourth-order valence-electron chi connectivity index (χ4n) is 1.23. The van der Waals surface area contributed by atoms with Crippen LogP contribution in [-0.4, -0.2) is 11.7 Å². The number of aliphatic hydroxyl groups is 1. The van der Waals surface area contributed by atoms with Crippen molar-refractivity contribution >= 4 is 0 Å². The Morgan fingerprint density at radius 2 is 1.85 bits per heavy atom. The fraction of sp³-hybridized carbons (Fsp3) is 0.400. The normalized spacial score (nSPS) is 10.5. The molecule has 0 aliphatic heterocycles. The van der Waals surface area contributed by atoms with Crippen molar-refractivity contribution in [3.05, 3.63) is 34.9 Å². The molecule has 0 aliphatic rings. The van der Waals surface area contributed by atoms with Crippen LogP contribution >= 0.6 is 0 Å². The predicted octanol–water partition coefficient (Wildman–Crippen LogP) is 2.20. The third kappa shape index (κ3) is 2.49. The third-order valence-electron chi connectivity index (χ3n) is 1.98. The fourth-order valence-corrected chi connectivity index (χ4v) is 1.23. The van der Waals surface area contributed by atoms with E-state index < -0.39 is 11.6 Å². The number of benzene rings is 1. The molecular formula is C10H12F2O. The Morgan fingerprint density at radius 1 is 1.23 bits per heavy atom. The summed E-state index contributed by atoms with van der Waals surface area (Å²) in [6, 6.07) is 2.38. The minimum Gasteiger partial charge on any atom is -0.396 e. The molecule has 0 spiro atoms. The van der Waals surface area contributed by atoms with Crippen molar-refractivity contribution in [2.75, 3.05) is 6.61 Å². The van der Waals surface area contributed by atoms with Crippen LogP contribution in [0.15, 0.2) is 12.1 Å². The number of rotatable bonds is 3. The van der Waals surface area contributed by atoms with Crippen LogP contribution in [0.1, 0.15) is 17.5 Å². The first-order chi connectivity index (χ1) is 6.15. The molecule has 3 heteroatoms. The predicted molar refractivity (Wildman–Crippen MR) is 46.5 cm³/mol. The van der Waals surface area contributed by atoms with Crippen LogP contribution in [0.2, 0.25) is 0 Å². The standard InChI is InChI=1S/C10H12F2O/c1-7-5-9(11)10(12)6-8(7)3-2-4-13/h5-6,13H,2-4H2,1H3. The smallest absolute Gasteiger partial charge is 0.159 e. The van der Waals surface area contributed by atoms with Gasteiger partial charge in [-0.1, -0.05) is 0 Å². The molecular weight excluding hydrogens is 174 g/mol. The quantitative estimate of drug-likeness (QED) is 0.767. The van der Waals surface area contributed by atoms with Crippen LogP contribution in [0, 0.1) is 18.6 Å². The molecule has 0 atom stereocenters. The van der Waals surface area contributed by atoms with E-state index in [1.807, 2.05) is 0 Å². The Morgan fingerprint density at radius 3 is 2.46 bits per heavy atom. The van der Waals surface area contributed by atoms with Crippen molar-refractivity contribution in [3.8, 4) is 0 Å². The molecule has 0 aliphatic carbocycles. The third-order valence-corrected chi connectivity index (χ3v) is 1.98. The molecule has 0 saturated carbocycles. The molecule has 1 N–H and O–H groups in total. The van der Waals surface area contributed by atoms with E-state index in [2.05, 4.69) is 0 Å². The summed E-state index contributed by atoms with van der Waals surface area (Å²) >= 11 is 0. The maximum atomic E-state index is 12.7. The maximum Gasteiger partial charge on any atom is 0.159 e. The van der Waals surface area contributed by atoms with Crippen LogP contribution < -0.4 is 0 Å². The highest BCUT2D eigenvalue weighted by Gasteiger charge is 2.05. The molecule has 0 amide bonds. The molecule has 0 fully saturated rings. The summed E-state index contributed by atoms with van der Waals surface area (Å²) in [5.74, 6) is -1.64. The Bertz CT molecular complexity index is 297. The van der Waals surface area contributed by atoms with Gasteiger partial charge in [0, 0.05) is 6.61 Å². The topological polar surface area (TPSA) is 20.2 Å². The van der Waals surface area contributed by atoms with E-state index in [0.717, 1.165) is 11.1 Å². The van der Waals surface area contributed by atoms with Crippen molar-refractivity contribution in [1.29, 1.82) is 0 Å². The molecule has 1 aromatic carbocycles. The minimum absolute atomic E-state index is 0.0679. The Hall–Kier alpha value is -0.960. The summed E-state index contributed by atoms with van der Waals surface area (Å²) < 4.78 is 25.4. The zero-order valence-electron chi connectivity index (χ0n) is 7.48. The zero-order valence-corrected chi connectivity index (χ0v) is 7.48. The van der Waals surface area contributed by atoms with Gasteiger partial charge in [-0.25, -0.2) is 8.78 Å². The molecule has 0 bridgehead atoms. The van der Waals surface area contributed by atoms with Gasteiger partial charge < -0.3 is 5.11 Å². The highest BCUT2D eigenvalue weighted by atomic mass is 19.2. The second kappa shape index (κ2) is 4.33. The minimum atomic E-state index is -0.821.